The Morgan fingerprint density at radius 2 is 1.17 bits per heavy atom. The van der Waals surface area contributed by atoms with Crippen molar-refractivity contribution in [2.24, 2.45) is 0 Å². The SMILES string of the molecule is c1ccc(-c2nc3ccccc3c3c4ccccc4n(-c4ccccc4)c23)cc1. The molecule has 0 saturated carbocycles. The third-order valence-corrected chi connectivity index (χ3v) is 5.57. The number of nitrogens with zero attached hydrogens (tertiary/aromatic N) is 2. The average Bonchev–Trinajstić information content (AvgIpc) is 3.15. The lowest BCUT2D eigenvalue weighted by molar-refractivity contribution is 1.17. The van der Waals surface area contributed by atoms with Crippen LogP contribution in [0.5, 0.6) is 0 Å². The molecular weight excluding hydrogens is 352 g/mol. The van der Waals surface area contributed by atoms with Crippen LogP contribution in [0.2, 0.25) is 0 Å². The molecule has 136 valence electrons. The van der Waals surface area contributed by atoms with Gasteiger partial charge in [0.15, 0.2) is 0 Å². The fraction of sp³-hybridized carbons (Fsp3) is 0. The summed E-state index contributed by atoms with van der Waals surface area (Å²) in [7, 11) is 0. The quantitative estimate of drug-likeness (QED) is 0.321. The van der Waals surface area contributed by atoms with Gasteiger partial charge in [0.05, 0.1) is 22.2 Å². The number of aromatic nitrogens is 2. The zero-order valence-electron chi connectivity index (χ0n) is 15.8. The number of rotatable bonds is 2. The molecule has 2 nitrogen and oxygen atoms in total. The van der Waals surface area contributed by atoms with E-state index in [2.05, 4.69) is 114 Å². The number of benzene rings is 4. The average molecular weight is 370 g/mol. The molecule has 0 atom stereocenters. The Bertz CT molecular complexity index is 1480. The van der Waals surface area contributed by atoms with Gasteiger partial charge in [-0.2, -0.15) is 0 Å². The van der Waals surface area contributed by atoms with E-state index in [9.17, 15) is 0 Å². The molecule has 0 aliphatic rings. The van der Waals surface area contributed by atoms with Gasteiger partial charge in [0, 0.05) is 27.4 Å². The molecule has 0 radical (unpaired) electrons. The summed E-state index contributed by atoms with van der Waals surface area (Å²) in [6.45, 7) is 0. The van der Waals surface area contributed by atoms with Crippen molar-refractivity contribution in [3.05, 3.63) is 109 Å². The van der Waals surface area contributed by atoms with Crippen LogP contribution in [-0.2, 0) is 0 Å². The zero-order chi connectivity index (χ0) is 19.2. The van der Waals surface area contributed by atoms with E-state index >= 15 is 0 Å². The third kappa shape index (κ3) is 2.39. The molecule has 0 saturated heterocycles. The molecule has 0 aliphatic heterocycles. The van der Waals surface area contributed by atoms with Gasteiger partial charge in [-0.3, -0.25) is 0 Å². The Balaban J connectivity index is 1.92. The molecule has 6 aromatic rings. The molecule has 0 spiro atoms. The highest BCUT2D eigenvalue weighted by Gasteiger charge is 2.19. The Morgan fingerprint density at radius 1 is 0.552 bits per heavy atom. The van der Waals surface area contributed by atoms with Gasteiger partial charge in [-0.15, -0.1) is 0 Å². The summed E-state index contributed by atoms with van der Waals surface area (Å²) in [5, 5.41) is 3.70. The van der Waals surface area contributed by atoms with Crippen LogP contribution < -0.4 is 0 Å². The van der Waals surface area contributed by atoms with Gasteiger partial charge >= 0.3 is 0 Å². The van der Waals surface area contributed by atoms with E-state index in [1.54, 1.807) is 0 Å². The molecule has 6 rings (SSSR count). The normalized spacial score (nSPS) is 11.4. The summed E-state index contributed by atoms with van der Waals surface area (Å²) in [4.78, 5) is 5.13. The van der Waals surface area contributed by atoms with Crippen molar-refractivity contribution < 1.29 is 0 Å². The molecule has 2 heterocycles. The molecule has 2 heteroatoms. The summed E-state index contributed by atoms with van der Waals surface area (Å²) in [5.74, 6) is 0. The Hall–Kier alpha value is -3.91. The number of hydrogen-bond acceptors (Lipinski definition) is 1. The molecular formula is C27H18N2. The Kier molecular flexibility index (Phi) is 3.50. The minimum atomic E-state index is 1.01. The molecule has 2 aromatic heterocycles. The summed E-state index contributed by atoms with van der Waals surface area (Å²) in [6, 6.07) is 38.2. The first-order chi connectivity index (χ1) is 14.4. The predicted molar refractivity (Wildman–Crippen MR) is 122 cm³/mol. The first-order valence-corrected chi connectivity index (χ1v) is 9.84. The standard InChI is InChI=1S/C27H18N2/c1-3-11-19(12-4-1)26-27-25(21-15-7-9-17-23(21)28-26)22-16-8-10-18-24(22)29(27)20-13-5-2-6-14-20/h1-18H. The fourth-order valence-corrected chi connectivity index (χ4v) is 4.34. The summed E-state index contributed by atoms with van der Waals surface area (Å²) in [6.07, 6.45) is 0. The summed E-state index contributed by atoms with van der Waals surface area (Å²) >= 11 is 0. The van der Waals surface area contributed by atoms with Crippen molar-refractivity contribution in [2.75, 3.05) is 0 Å². The molecule has 0 amide bonds. The largest absolute Gasteiger partial charge is 0.307 e. The highest BCUT2D eigenvalue weighted by atomic mass is 15.0. The van der Waals surface area contributed by atoms with Crippen molar-refractivity contribution in [3.8, 4) is 16.9 Å². The molecule has 0 fully saturated rings. The highest BCUT2D eigenvalue weighted by Crippen LogP contribution is 2.40. The van der Waals surface area contributed by atoms with Crippen molar-refractivity contribution in [1.29, 1.82) is 0 Å². The van der Waals surface area contributed by atoms with Gasteiger partial charge in [0.25, 0.3) is 0 Å². The zero-order valence-corrected chi connectivity index (χ0v) is 15.8. The maximum absolute atomic E-state index is 5.13. The number of pyridine rings is 1. The van der Waals surface area contributed by atoms with Crippen LogP contribution in [0.15, 0.2) is 109 Å². The second-order valence-electron chi connectivity index (χ2n) is 7.26. The number of fused-ring (bicyclic) bond motifs is 5. The lowest BCUT2D eigenvalue weighted by Crippen LogP contribution is -1.97. The van der Waals surface area contributed by atoms with Gasteiger partial charge in [0.2, 0.25) is 0 Å². The van der Waals surface area contributed by atoms with Crippen LogP contribution in [0.3, 0.4) is 0 Å². The second-order valence-corrected chi connectivity index (χ2v) is 7.26. The van der Waals surface area contributed by atoms with Crippen LogP contribution >= 0.6 is 0 Å². The van der Waals surface area contributed by atoms with Gasteiger partial charge in [0.1, 0.15) is 0 Å². The van der Waals surface area contributed by atoms with Crippen molar-refractivity contribution in [3.63, 3.8) is 0 Å². The lowest BCUT2D eigenvalue weighted by Gasteiger charge is -2.12. The minimum Gasteiger partial charge on any atom is -0.307 e. The molecule has 0 bridgehead atoms. The summed E-state index contributed by atoms with van der Waals surface area (Å²) < 4.78 is 2.35. The number of hydrogen-bond donors (Lipinski definition) is 0. The van der Waals surface area contributed by atoms with Crippen LogP contribution in [0.25, 0.3) is 49.7 Å². The Labute approximate surface area is 168 Å². The van der Waals surface area contributed by atoms with Crippen LogP contribution in [0.1, 0.15) is 0 Å². The molecule has 0 N–H and O–H groups in total. The second kappa shape index (κ2) is 6.32. The first-order valence-electron chi connectivity index (χ1n) is 9.84. The predicted octanol–water partition coefficient (Wildman–Crippen LogP) is 7.00. The topological polar surface area (TPSA) is 17.8 Å². The summed E-state index contributed by atoms with van der Waals surface area (Å²) in [5.41, 5.74) is 6.66. The highest BCUT2D eigenvalue weighted by molar-refractivity contribution is 6.23. The molecule has 29 heavy (non-hydrogen) atoms. The van der Waals surface area contributed by atoms with E-state index in [-0.39, 0.29) is 0 Å². The smallest absolute Gasteiger partial charge is 0.0956 e. The lowest BCUT2D eigenvalue weighted by atomic mass is 10.0. The van der Waals surface area contributed by atoms with E-state index in [1.807, 2.05) is 0 Å². The minimum absolute atomic E-state index is 1.01. The first kappa shape index (κ1) is 16.1. The fourth-order valence-electron chi connectivity index (χ4n) is 4.34. The van der Waals surface area contributed by atoms with Crippen molar-refractivity contribution in [2.45, 2.75) is 0 Å². The third-order valence-electron chi connectivity index (χ3n) is 5.57. The van der Waals surface area contributed by atoms with Crippen LogP contribution in [0, 0.1) is 0 Å². The van der Waals surface area contributed by atoms with E-state index in [0.29, 0.717) is 0 Å². The van der Waals surface area contributed by atoms with Gasteiger partial charge < -0.3 is 4.57 Å². The van der Waals surface area contributed by atoms with E-state index in [4.69, 9.17) is 4.98 Å². The Morgan fingerprint density at radius 3 is 1.97 bits per heavy atom. The van der Waals surface area contributed by atoms with E-state index in [0.717, 1.165) is 28.0 Å². The maximum atomic E-state index is 5.13. The van der Waals surface area contributed by atoms with E-state index < -0.39 is 0 Å². The van der Waals surface area contributed by atoms with Crippen LogP contribution in [0.4, 0.5) is 0 Å². The molecule has 0 aliphatic carbocycles. The molecule has 4 aromatic carbocycles. The van der Waals surface area contributed by atoms with Gasteiger partial charge in [-0.25, -0.2) is 4.98 Å². The van der Waals surface area contributed by atoms with Gasteiger partial charge in [-0.05, 0) is 24.3 Å². The number of para-hydroxylation sites is 3. The van der Waals surface area contributed by atoms with Crippen molar-refractivity contribution in [1.82, 2.24) is 9.55 Å². The van der Waals surface area contributed by atoms with Crippen molar-refractivity contribution >= 4 is 32.7 Å². The maximum Gasteiger partial charge on any atom is 0.0956 e. The van der Waals surface area contributed by atoms with Gasteiger partial charge in [-0.1, -0.05) is 84.9 Å². The van der Waals surface area contributed by atoms with Crippen LogP contribution in [-0.4, -0.2) is 9.55 Å². The van der Waals surface area contributed by atoms with E-state index in [1.165, 1.54) is 21.7 Å². The monoisotopic (exact) mass is 370 g/mol. The molecule has 0 unspecified atom stereocenters.